The molecule has 0 aliphatic carbocycles. The summed E-state index contributed by atoms with van der Waals surface area (Å²) in [6.07, 6.45) is -1.72. The van der Waals surface area contributed by atoms with E-state index in [4.69, 9.17) is 19.4 Å². The van der Waals surface area contributed by atoms with Gasteiger partial charge in [-0.15, -0.1) is 22.7 Å². The molecule has 76 heavy (non-hydrogen) atoms. The fourth-order valence-corrected chi connectivity index (χ4v) is 11.9. The molecule has 6 aromatic carbocycles. The Hall–Kier alpha value is -6.82. The second kappa shape index (κ2) is 21.7. The predicted octanol–water partition coefficient (Wildman–Crippen LogP) is 13.2. The van der Waals surface area contributed by atoms with Gasteiger partial charge in [-0.1, -0.05) is 135 Å². The number of hydrogen-bond donors (Lipinski definition) is 4. The van der Waals surface area contributed by atoms with E-state index in [0.29, 0.717) is 33.8 Å². The van der Waals surface area contributed by atoms with Gasteiger partial charge in [-0.2, -0.15) is 43.2 Å². The highest BCUT2D eigenvalue weighted by molar-refractivity contribution is 7.93. The summed E-state index contributed by atoms with van der Waals surface area (Å²) in [7, 11) is -11.2. The summed E-state index contributed by atoms with van der Waals surface area (Å²) in [5, 5.41) is 28.2. The minimum absolute atomic E-state index is 0.107. The highest BCUT2D eigenvalue weighted by Gasteiger charge is 2.47. The highest BCUT2D eigenvalue weighted by atomic mass is 32.2. The van der Waals surface area contributed by atoms with Crippen molar-refractivity contribution in [2.75, 3.05) is 22.7 Å². The van der Waals surface area contributed by atoms with Crippen LogP contribution in [-0.4, -0.2) is 61.2 Å². The number of anilines is 2. The van der Waals surface area contributed by atoms with Crippen molar-refractivity contribution in [3.8, 4) is 54.9 Å². The van der Waals surface area contributed by atoms with Gasteiger partial charge in [-0.25, -0.2) is 9.97 Å². The van der Waals surface area contributed by atoms with Gasteiger partial charge in [0.2, 0.25) is 0 Å². The highest BCUT2D eigenvalue weighted by Crippen LogP contribution is 2.47. The largest absolute Gasteiger partial charge is 0.516 e. The smallest absolute Gasteiger partial charge is 0.493 e. The Labute approximate surface area is 441 Å². The van der Waals surface area contributed by atoms with Crippen LogP contribution in [0, 0.1) is 11.8 Å². The van der Waals surface area contributed by atoms with Crippen molar-refractivity contribution in [1.29, 1.82) is 0 Å². The zero-order valence-electron chi connectivity index (χ0n) is 40.0. The zero-order chi connectivity index (χ0) is 54.2. The fourth-order valence-electron chi connectivity index (χ4n) is 8.90. The van der Waals surface area contributed by atoms with Crippen LogP contribution in [0.3, 0.4) is 0 Å². The van der Waals surface area contributed by atoms with Crippen molar-refractivity contribution in [2.24, 2.45) is 11.8 Å². The van der Waals surface area contributed by atoms with Gasteiger partial charge in [-0.3, -0.25) is 9.44 Å². The van der Waals surface area contributed by atoms with Crippen molar-refractivity contribution in [1.82, 2.24) is 9.97 Å². The van der Waals surface area contributed by atoms with Crippen molar-refractivity contribution in [2.45, 2.75) is 48.9 Å². The molecule has 0 radical (unpaired) electrons. The average Bonchev–Trinajstić information content (AvgIpc) is 4.15. The van der Waals surface area contributed by atoms with Crippen LogP contribution in [0.2, 0.25) is 0 Å². The Morgan fingerprint density at radius 3 is 1.25 bits per heavy atom. The molecule has 396 valence electrons. The third-order valence-corrected chi connectivity index (χ3v) is 17.2. The van der Waals surface area contributed by atoms with Crippen molar-refractivity contribution >= 4 is 54.1 Å². The number of ether oxygens (including phenoxy) is 2. The van der Waals surface area contributed by atoms with Crippen LogP contribution >= 0.6 is 22.7 Å². The number of sulfonamides is 2. The third kappa shape index (κ3) is 11.3. The summed E-state index contributed by atoms with van der Waals surface area (Å²) in [6, 6.07) is 41.0. The van der Waals surface area contributed by atoms with Crippen LogP contribution in [0.1, 0.15) is 60.4 Å². The number of nitrogens with one attached hydrogen (secondary N) is 2. The van der Waals surface area contributed by atoms with Gasteiger partial charge in [0, 0.05) is 67.8 Å². The maximum absolute atomic E-state index is 12.9. The molecule has 12 nitrogen and oxygen atoms in total. The zero-order valence-corrected chi connectivity index (χ0v) is 43.3. The summed E-state index contributed by atoms with van der Waals surface area (Å²) in [5.74, 6) is 0.00774. The van der Waals surface area contributed by atoms with E-state index in [9.17, 15) is 53.4 Å². The van der Waals surface area contributed by atoms with Crippen molar-refractivity contribution < 1.29 is 62.9 Å². The van der Waals surface area contributed by atoms with Crippen LogP contribution in [0.4, 0.5) is 37.7 Å². The number of halogens is 6. The Morgan fingerprint density at radius 2 is 0.882 bits per heavy atom. The lowest BCUT2D eigenvalue weighted by Gasteiger charge is -2.34. The maximum Gasteiger partial charge on any atom is 0.516 e. The SMILES string of the molecule is C[C@@H](c1csc(-c2ccccc2)n1)[C@H]1COc2cc(-c3ccccc3NS(=O)(=O)C(F)(F)F)ccc2[C@@H]1O.C[C@H](c1csc(-c2ccccc2)n1)[C@@H]1COc2cc(-c3ccccc3NS(=O)(=O)C(F)(F)F)ccc2[C@H]1O. The van der Waals surface area contributed by atoms with E-state index in [0.717, 1.165) is 32.5 Å². The standard InChI is InChI=1S/2C27H23F3N2O4S2/c2*1-16(23-15-37-26(31-23)17-7-3-2-4-8-17)21-14-36-24-13-18(11-12-20(24)25(21)33)19-9-5-6-10-22(19)32-38(34,35)27(28,29)30/h2*2-13,15-16,21,25,32-33H,14H2,1H3/t2*16-,21-,25+/m10/s1. The van der Waals surface area contributed by atoms with Crippen LogP contribution in [0.5, 0.6) is 11.5 Å². The van der Waals surface area contributed by atoms with E-state index in [-0.39, 0.29) is 59.4 Å². The molecular formula is C54H46F6N4O8S4. The molecule has 0 unspecified atom stereocenters. The molecule has 22 heteroatoms. The average molecular weight is 1120 g/mol. The number of fused-ring (bicyclic) bond motifs is 2. The first-order valence-corrected chi connectivity index (χ1v) is 28.1. The number of nitrogens with zero attached hydrogens (tertiary/aromatic N) is 2. The number of aliphatic hydroxyl groups excluding tert-OH is 2. The topological polar surface area (TPSA) is 177 Å². The molecule has 4 heterocycles. The lowest BCUT2D eigenvalue weighted by molar-refractivity contribution is -0.0435. The molecule has 0 bridgehead atoms. The summed E-state index contributed by atoms with van der Waals surface area (Å²) >= 11 is 3.07. The van der Waals surface area contributed by atoms with E-state index in [1.54, 1.807) is 58.0 Å². The van der Waals surface area contributed by atoms with Gasteiger partial charge in [0.1, 0.15) is 21.5 Å². The molecular weight excluding hydrogens is 1070 g/mol. The minimum atomic E-state index is -5.59. The number of para-hydroxylation sites is 2. The number of aromatic nitrogens is 2. The number of alkyl halides is 6. The Kier molecular flexibility index (Phi) is 15.4. The Morgan fingerprint density at radius 1 is 0.526 bits per heavy atom. The third-order valence-electron chi connectivity index (χ3n) is 13.2. The van der Waals surface area contributed by atoms with E-state index in [2.05, 4.69) is 0 Å². The van der Waals surface area contributed by atoms with Crippen LogP contribution < -0.4 is 18.9 Å². The van der Waals surface area contributed by atoms with Crippen LogP contribution in [0.25, 0.3) is 43.4 Å². The molecule has 0 saturated carbocycles. The summed E-state index contributed by atoms with van der Waals surface area (Å²) in [6.45, 7) is 4.39. The van der Waals surface area contributed by atoms with Gasteiger partial charge < -0.3 is 19.7 Å². The normalized spacial score (nSPS) is 18.3. The molecule has 2 aromatic heterocycles. The first kappa shape index (κ1) is 54.0. The maximum atomic E-state index is 12.9. The van der Waals surface area contributed by atoms with Gasteiger partial charge in [0.25, 0.3) is 0 Å². The Bertz CT molecular complexity index is 3350. The van der Waals surface area contributed by atoms with Gasteiger partial charge in [0.15, 0.2) is 0 Å². The minimum Gasteiger partial charge on any atom is -0.493 e. The van der Waals surface area contributed by atoms with E-state index >= 15 is 0 Å². The summed E-state index contributed by atoms with van der Waals surface area (Å²) < 4.78 is 140. The van der Waals surface area contributed by atoms with Gasteiger partial charge >= 0.3 is 31.1 Å². The first-order chi connectivity index (χ1) is 36.1. The van der Waals surface area contributed by atoms with Crippen LogP contribution in [0.15, 0.2) is 156 Å². The molecule has 6 atom stereocenters. The first-order valence-electron chi connectivity index (χ1n) is 23.4. The number of thiazole rings is 2. The van der Waals surface area contributed by atoms with E-state index in [1.807, 2.05) is 85.3 Å². The second-order valence-electron chi connectivity index (χ2n) is 18.0. The molecule has 0 fully saturated rings. The molecule has 2 aliphatic heterocycles. The van der Waals surface area contributed by atoms with Gasteiger partial charge in [-0.05, 0) is 35.4 Å². The van der Waals surface area contributed by atoms with Crippen molar-refractivity contribution in [3.63, 3.8) is 0 Å². The number of aliphatic hydroxyl groups is 2. The Balaban J connectivity index is 0.000000186. The number of hydrogen-bond acceptors (Lipinski definition) is 12. The molecule has 4 N–H and O–H groups in total. The quantitative estimate of drug-likeness (QED) is 0.0861. The molecule has 0 amide bonds. The van der Waals surface area contributed by atoms with Crippen LogP contribution in [-0.2, 0) is 20.0 Å². The summed E-state index contributed by atoms with van der Waals surface area (Å²) in [4.78, 5) is 9.54. The van der Waals surface area contributed by atoms with E-state index < -0.39 is 43.3 Å². The fraction of sp³-hybridized carbons (Fsp3) is 0.222. The molecule has 0 spiro atoms. The number of rotatable bonds is 12. The summed E-state index contributed by atoms with van der Waals surface area (Å²) in [5.41, 5.74) is -5.13. The molecule has 8 aromatic rings. The molecule has 10 rings (SSSR count). The lowest BCUT2D eigenvalue weighted by Crippen LogP contribution is -2.30. The van der Waals surface area contributed by atoms with Gasteiger partial charge in [0.05, 0.1) is 48.2 Å². The van der Waals surface area contributed by atoms with E-state index in [1.165, 1.54) is 59.1 Å². The monoisotopic (exact) mass is 1120 g/mol. The number of benzene rings is 6. The second-order valence-corrected chi connectivity index (χ2v) is 23.1. The predicted molar refractivity (Wildman–Crippen MR) is 281 cm³/mol. The molecule has 0 saturated heterocycles. The lowest BCUT2D eigenvalue weighted by atomic mass is 9.82. The van der Waals surface area contributed by atoms with Crippen molar-refractivity contribution in [3.05, 3.63) is 179 Å². The molecule has 2 aliphatic rings.